The van der Waals surface area contributed by atoms with Crippen LogP contribution in [0.15, 0.2) is 17.0 Å². The van der Waals surface area contributed by atoms with Crippen LogP contribution < -0.4 is 16.4 Å². The van der Waals surface area contributed by atoms with Crippen molar-refractivity contribution < 1.29 is 37.7 Å². The monoisotopic (exact) mass is 364 g/mol. The van der Waals surface area contributed by atoms with Crippen molar-refractivity contribution in [3.63, 3.8) is 0 Å². The van der Waals surface area contributed by atoms with Gasteiger partial charge in [0, 0.05) is 12.6 Å². The summed E-state index contributed by atoms with van der Waals surface area (Å²) < 4.78 is 31.1. The number of nitrogens with one attached hydrogen (secondary N) is 2. The average molecular weight is 364 g/mol. The number of hydrogen-bond acceptors (Lipinski definition) is 8. The predicted octanol–water partition coefficient (Wildman–Crippen LogP) is -0.919. The Kier molecular flexibility index (Phi) is 5.62. The number of carbonyl (C=O) groups excluding carboxylic acids is 1. The number of aliphatic carboxylic acids is 1. The molecular weight excluding hydrogens is 352 g/mol. The number of nitro groups is 1. The fourth-order valence-corrected chi connectivity index (χ4v) is 1.96. The van der Waals surface area contributed by atoms with Crippen LogP contribution in [0.5, 0.6) is 5.75 Å². The van der Waals surface area contributed by atoms with Gasteiger partial charge >= 0.3 is 17.7 Å². The average Bonchev–Trinajstić information content (AvgIpc) is 2.45. The number of nitrogens with two attached hydrogens (primary N) is 1. The molecule has 0 aliphatic heterocycles. The highest BCUT2D eigenvalue weighted by atomic mass is 32.2. The number of rotatable bonds is 6. The van der Waals surface area contributed by atoms with E-state index in [1.165, 1.54) is 0 Å². The fraction of sp³-hybridized carbons (Fsp3) is 0.200. The second kappa shape index (κ2) is 7.07. The van der Waals surface area contributed by atoms with Crippen LogP contribution in [0.4, 0.5) is 16.2 Å². The van der Waals surface area contributed by atoms with Gasteiger partial charge in [0.1, 0.15) is 10.9 Å². The largest absolute Gasteiger partial charge is 0.501 e. The number of carboxylic acids is 1. The smallest absolute Gasteiger partial charge is 0.322 e. The zero-order valence-corrected chi connectivity index (χ0v) is 12.5. The van der Waals surface area contributed by atoms with Gasteiger partial charge in [-0.1, -0.05) is 0 Å². The van der Waals surface area contributed by atoms with Gasteiger partial charge in [-0.25, -0.2) is 4.79 Å². The lowest BCUT2D eigenvalue weighted by Crippen LogP contribution is -2.43. The molecule has 2 amide bonds. The molecule has 1 aromatic rings. The number of urea groups is 1. The van der Waals surface area contributed by atoms with Crippen LogP contribution in [-0.4, -0.2) is 52.7 Å². The number of nitro benzene ring substituents is 1. The van der Waals surface area contributed by atoms with Crippen molar-refractivity contribution in [2.24, 2.45) is 5.73 Å². The van der Waals surface area contributed by atoms with Crippen LogP contribution >= 0.6 is 0 Å². The number of phenolic OH excluding ortho intramolecular Hbond substituents is 1. The molecule has 0 bridgehead atoms. The maximum Gasteiger partial charge on any atom is 0.322 e. The molecule has 0 aromatic heterocycles. The minimum absolute atomic E-state index is 0.397. The van der Waals surface area contributed by atoms with E-state index < -0.39 is 61.6 Å². The standard InChI is InChI=1S/C10H12N4O9S/c11-5(9(16)17)3-12-10(18)13-6-1-4(24(21,22)23)2-7(8(6)15)14(19)20/h1-2,5,15H,3,11H2,(H,16,17)(H2,12,13,18)(H,21,22,23)/t5-/m0/s1. The molecular formula is C10H12N4O9S. The maximum absolute atomic E-state index is 11.6. The minimum atomic E-state index is -4.86. The zero-order valence-electron chi connectivity index (χ0n) is 11.7. The molecule has 1 rings (SSSR count). The molecule has 0 fully saturated rings. The van der Waals surface area contributed by atoms with Gasteiger partial charge in [-0.2, -0.15) is 8.42 Å². The van der Waals surface area contributed by atoms with Crippen LogP contribution in [-0.2, 0) is 14.9 Å². The molecule has 1 aromatic carbocycles. The topological polar surface area (TPSA) is 222 Å². The van der Waals surface area contributed by atoms with E-state index in [0.717, 1.165) is 0 Å². The van der Waals surface area contributed by atoms with Gasteiger partial charge in [0.25, 0.3) is 10.1 Å². The van der Waals surface area contributed by atoms with Crippen LogP contribution in [0.3, 0.4) is 0 Å². The number of benzene rings is 1. The first kappa shape index (κ1) is 19.1. The molecule has 0 spiro atoms. The summed E-state index contributed by atoms with van der Waals surface area (Å²) in [5.74, 6) is -2.47. The third kappa shape index (κ3) is 4.77. The number of phenols is 1. The van der Waals surface area contributed by atoms with Gasteiger partial charge in [-0.3, -0.25) is 19.5 Å². The predicted molar refractivity (Wildman–Crippen MR) is 77.2 cm³/mol. The molecule has 0 unspecified atom stereocenters. The number of carbonyl (C=O) groups is 2. The molecule has 13 nitrogen and oxygen atoms in total. The molecule has 14 heteroatoms. The first-order valence-electron chi connectivity index (χ1n) is 5.95. The Morgan fingerprint density at radius 2 is 1.96 bits per heavy atom. The first-order chi connectivity index (χ1) is 10.9. The summed E-state index contributed by atoms with van der Waals surface area (Å²) in [6.45, 7) is -0.512. The number of nitrogens with zero attached hydrogens (tertiary/aromatic N) is 1. The lowest BCUT2D eigenvalue weighted by atomic mass is 10.2. The van der Waals surface area contributed by atoms with Gasteiger partial charge in [-0.05, 0) is 6.07 Å². The third-order valence-electron chi connectivity index (χ3n) is 2.61. The van der Waals surface area contributed by atoms with Gasteiger partial charge in [-0.15, -0.1) is 0 Å². The summed E-state index contributed by atoms with van der Waals surface area (Å²) in [6, 6.07) is -1.57. The Balaban J connectivity index is 3.10. The first-order valence-corrected chi connectivity index (χ1v) is 7.39. The zero-order chi connectivity index (χ0) is 18.7. The second-order valence-electron chi connectivity index (χ2n) is 4.35. The Morgan fingerprint density at radius 3 is 2.42 bits per heavy atom. The van der Waals surface area contributed by atoms with E-state index >= 15 is 0 Å². The van der Waals surface area contributed by atoms with E-state index in [1.54, 1.807) is 0 Å². The molecule has 0 aliphatic rings. The van der Waals surface area contributed by atoms with Crippen LogP contribution in [0, 0.1) is 10.1 Å². The maximum atomic E-state index is 11.6. The van der Waals surface area contributed by atoms with Crippen molar-refractivity contribution in [1.82, 2.24) is 5.32 Å². The van der Waals surface area contributed by atoms with Crippen LogP contribution in [0.25, 0.3) is 0 Å². The molecule has 0 radical (unpaired) electrons. The molecule has 24 heavy (non-hydrogen) atoms. The highest BCUT2D eigenvalue weighted by molar-refractivity contribution is 7.85. The van der Waals surface area contributed by atoms with E-state index in [4.69, 9.17) is 15.4 Å². The third-order valence-corrected chi connectivity index (χ3v) is 3.44. The Bertz CT molecular complexity index is 792. The molecule has 0 aliphatic carbocycles. The lowest BCUT2D eigenvalue weighted by Gasteiger charge is -2.11. The van der Waals surface area contributed by atoms with Gasteiger partial charge < -0.3 is 26.6 Å². The summed E-state index contributed by atoms with van der Waals surface area (Å²) in [6.07, 6.45) is 0. The highest BCUT2D eigenvalue weighted by Crippen LogP contribution is 2.36. The number of amides is 2. The Morgan fingerprint density at radius 1 is 1.38 bits per heavy atom. The van der Waals surface area contributed by atoms with E-state index in [2.05, 4.69) is 0 Å². The fourth-order valence-electron chi connectivity index (χ4n) is 1.43. The van der Waals surface area contributed by atoms with Gasteiger partial charge in [0.2, 0.25) is 5.75 Å². The van der Waals surface area contributed by atoms with Crippen molar-refractivity contribution in [3.8, 4) is 5.75 Å². The Labute approximate surface area is 134 Å². The summed E-state index contributed by atoms with van der Waals surface area (Å²) in [5, 5.41) is 32.9. The number of aromatic hydroxyl groups is 1. The van der Waals surface area contributed by atoms with Gasteiger partial charge in [0.15, 0.2) is 0 Å². The summed E-state index contributed by atoms with van der Waals surface area (Å²) in [4.78, 5) is 30.8. The van der Waals surface area contributed by atoms with E-state index in [1.807, 2.05) is 10.6 Å². The SMILES string of the molecule is N[C@@H](CNC(=O)Nc1cc(S(=O)(=O)O)cc([N+](=O)[O-])c1O)C(=O)O. The van der Waals surface area contributed by atoms with Gasteiger partial charge in [0.05, 0.1) is 10.6 Å². The number of hydrogen-bond donors (Lipinski definition) is 6. The van der Waals surface area contributed by atoms with Crippen molar-refractivity contribution in [2.45, 2.75) is 10.9 Å². The molecule has 0 saturated carbocycles. The van der Waals surface area contributed by atoms with Crippen LogP contribution in [0.2, 0.25) is 0 Å². The molecule has 0 heterocycles. The number of carboxylic acid groups (broad SMARTS) is 1. The van der Waals surface area contributed by atoms with E-state index in [-0.39, 0.29) is 0 Å². The van der Waals surface area contributed by atoms with Crippen LogP contribution in [0.1, 0.15) is 0 Å². The normalized spacial score (nSPS) is 12.2. The molecule has 0 saturated heterocycles. The van der Waals surface area contributed by atoms with E-state index in [0.29, 0.717) is 12.1 Å². The van der Waals surface area contributed by atoms with Crippen molar-refractivity contribution in [2.75, 3.05) is 11.9 Å². The number of anilines is 1. The molecule has 7 N–H and O–H groups in total. The van der Waals surface area contributed by atoms with E-state index in [9.17, 15) is 33.2 Å². The molecule has 132 valence electrons. The molecule has 1 atom stereocenters. The Hall–Kier alpha value is -2.97. The highest BCUT2D eigenvalue weighted by Gasteiger charge is 2.25. The summed E-state index contributed by atoms with van der Waals surface area (Å²) in [5.41, 5.74) is 3.36. The lowest BCUT2D eigenvalue weighted by molar-refractivity contribution is -0.386. The van der Waals surface area contributed by atoms with Crippen molar-refractivity contribution in [3.05, 3.63) is 22.2 Å². The van der Waals surface area contributed by atoms with Crippen molar-refractivity contribution in [1.29, 1.82) is 0 Å². The van der Waals surface area contributed by atoms with Crippen molar-refractivity contribution >= 4 is 33.5 Å². The minimum Gasteiger partial charge on any atom is -0.501 e. The quantitative estimate of drug-likeness (QED) is 0.157. The summed E-state index contributed by atoms with van der Waals surface area (Å²) in [7, 11) is -4.86. The second-order valence-corrected chi connectivity index (χ2v) is 5.77. The summed E-state index contributed by atoms with van der Waals surface area (Å²) >= 11 is 0.